The third-order valence-corrected chi connectivity index (χ3v) is 4.64. The van der Waals surface area contributed by atoms with Gasteiger partial charge in [0.15, 0.2) is 0 Å². The summed E-state index contributed by atoms with van der Waals surface area (Å²) in [7, 11) is 0. The summed E-state index contributed by atoms with van der Waals surface area (Å²) in [5, 5.41) is 3.76. The molecule has 1 aromatic carbocycles. The van der Waals surface area contributed by atoms with Crippen molar-refractivity contribution in [2.45, 2.75) is 44.8 Å². The summed E-state index contributed by atoms with van der Waals surface area (Å²) in [5.74, 6) is -0.120. The molecule has 2 heterocycles. The summed E-state index contributed by atoms with van der Waals surface area (Å²) in [6.45, 7) is 4.97. The fourth-order valence-electron chi connectivity index (χ4n) is 3.28. The SMILES string of the molecule is CCC(Cn1ccnc1)NC1CCN(c2ccccc2F)CC1. The predicted octanol–water partition coefficient (Wildman–Crippen LogP) is 3.06. The Labute approximate surface area is 137 Å². The van der Waals surface area contributed by atoms with Crippen molar-refractivity contribution in [2.75, 3.05) is 18.0 Å². The zero-order chi connectivity index (χ0) is 16.1. The van der Waals surface area contributed by atoms with E-state index < -0.39 is 0 Å². The normalized spacial score (nSPS) is 17.4. The highest BCUT2D eigenvalue weighted by Gasteiger charge is 2.22. The molecule has 5 heteroatoms. The lowest BCUT2D eigenvalue weighted by molar-refractivity contribution is 0.335. The Hall–Kier alpha value is -1.88. The van der Waals surface area contributed by atoms with Gasteiger partial charge in [0.1, 0.15) is 5.82 Å². The Morgan fingerprint density at radius 2 is 2.09 bits per heavy atom. The van der Waals surface area contributed by atoms with Crippen LogP contribution < -0.4 is 10.2 Å². The number of benzene rings is 1. The molecular weight excluding hydrogens is 291 g/mol. The van der Waals surface area contributed by atoms with Gasteiger partial charge in [0.2, 0.25) is 0 Å². The Balaban J connectivity index is 1.51. The summed E-state index contributed by atoms with van der Waals surface area (Å²) < 4.78 is 16.0. The highest BCUT2D eigenvalue weighted by Crippen LogP contribution is 2.23. The van der Waals surface area contributed by atoms with Gasteiger partial charge in [0, 0.05) is 44.1 Å². The molecule has 3 rings (SSSR count). The van der Waals surface area contributed by atoms with Crippen molar-refractivity contribution >= 4 is 5.69 Å². The molecule has 1 aliphatic heterocycles. The van der Waals surface area contributed by atoms with Crippen molar-refractivity contribution in [2.24, 2.45) is 0 Å². The van der Waals surface area contributed by atoms with E-state index in [0.29, 0.717) is 12.1 Å². The lowest BCUT2D eigenvalue weighted by atomic mass is 10.0. The van der Waals surface area contributed by atoms with Gasteiger partial charge in [0.05, 0.1) is 12.0 Å². The number of hydrogen-bond donors (Lipinski definition) is 1. The number of imidazole rings is 1. The van der Waals surface area contributed by atoms with E-state index >= 15 is 0 Å². The van der Waals surface area contributed by atoms with Gasteiger partial charge in [-0.05, 0) is 31.4 Å². The number of para-hydroxylation sites is 1. The summed E-state index contributed by atoms with van der Waals surface area (Å²) in [6, 6.07) is 8.02. The Morgan fingerprint density at radius 1 is 1.30 bits per heavy atom. The summed E-state index contributed by atoms with van der Waals surface area (Å²) in [6.07, 6.45) is 8.88. The molecule has 4 nitrogen and oxygen atoms in total. The number of halogens is 1. The topological polar surface area (TPSA) is 33.1 Å². The van der Waals surface area contributed by atoms with Gasteiger partial charge in [-0.2, -0.15) is 0 Å². The molecule has 2 aromatic rings. The molecule has 1 N–H and O–H groups in total. The molecule has 1 atom stereocenters. The monoisotopic (exact) mass is 316 g/mol. The molecule has 23 heavy (non-hydrogen) atoms. The third-order valence-electron chi connectivity index (χ3n) is 4.64. The molecule has 1 aliphatic rings. The smallest absolute Gasteiger partial charge is 0.146 e. The first-order chi connectivity index (χ1) is 11.3. The Kier molecular flexibility index (Phi) is 5.28. The number of anilines is 1. The third kappa shape index (κ3) is 4.10. The van der Waals surface area contributed by atoms with Gasteiger partial charge >= 0.3 is 0 Å². The fourth-order valence-corrected chi connectivity index (χ4v) is 3.28. The second-order valence-corrected chi connectivity index (χ2v) is 6.24. The molecule has 0 bridgehead atoms. The molecule has 0 aliphatic carbocycles. The quantitative estimate of drug-likeness (QED) is 0.889. The van der Waals surface area contributed by atoms with Crippen molar-refractivity contribution in [3.63, 3.8) is 0 Å². The second-order valence-electron chi connectivity index (χ2n) is 6.24. The van der Waals surface area contributed by atoms with Gasteiger partial charge in [-0.25, -0.2) is 9.37 Å². The van der Waals surface area contributed by atoms with Crippen LogP contribution in [0.5, 0.6) is 0 Å². The average Bonchev–Trinajstić information content (AvgIpc) is 3.08. The molecule has 0 spiro atoms. The largest absolute Gasteiger partial charge is 0.369 e. The van der Waals surface area contributed by atoms with E-state index in [1.165, 1.54) is 6.07 Å². The molecule has 1 unspecified atom stereocenters. The number of nitrogens with zero attached hydrogens (tertiary/aromatic N) is 3. The average molecular weight is 316 g/mol. The van der Waals surface area contributed by atoms with E-state index in [4.69, 9.17) is 0 Å². The van der Waals surface area contributed by atoms with Crippen LogP contribution in [0.1, 0.15) is 26.2 Å². The van der Waals surface area contributed by atoms with Crippen LogP contribution in [0, 0.1) is 5.82 Å². The zero-order valence-corrected chi connectivity index (χ0v) is 13.7. The molecule has 1 saturated heterocycles. The molecule has 0 radical (unpaired) electrons. The summed E-state index contributed by atoms with van der Waals surface area (Å²) in [5.41, 5.74) is 0.733. The summed E-state index contributed by atoms with van der Waals surface area (Å²) >= 11 is 0. The fraction of sp³-hybridized carbons (Fsp3) is 0.500. The first-order valence-electron chi connectivity index (χ1n) is 8.47. The predicted molar refractivity (Wildman–Crippen MR) is 91.1 cm³/mol. The minimum atomic E-state index is -0.120. The van der Waals surface area contributed by atoms with Gasteiger partial charge in [0.25, 0.3) is 0 Å². The molecular formula is C18H25FN4. The van der Waals surface area contributed by atoms with Crippen molar-refractivity contribution < 1.29 is 4.39 Å². The van der Waals surface area contributed by atoms with E-state index in [-0.39, 0.29) is 5.82 Å². The second kappa shape index (κ2) is 7.59. The van der Waals surface area contributed by atoms with Crippen molar-refractivity contribution in [1.82, 2.24) is 14.9 Å². The maximum atomic E-state index is 13.9. The highest BCUT2D eigenvalue weighted by molar-refractivity contribution is 5.47. The number of nitrogens with one attached hydrogen (secondary N) is 1. The van der Waals surface area contributed by atoms with Crippen molar-refractivity contribution in [1.29, 1.82) is 0 Å². The Morgan fingerprint density at radius 3 is 2.74 bits per heavy atom. The van der Waals surface area contributed by atoms with Crippen molar-refractivity contribution in [3.8, 4) is 0 Å². The first-order valence-corrected chi connectivity index (χ1v) is 8.47. The first kappa shape index (κ1) is 16.0. The van der Waals surface area contributed by atoms with Crippen molar-refractivity contribution in [3.05, 3.63) is 48.8 Å². The molecule has 0 saturated carbocycles. The minimum Gasteiger partial charge on any atom is -0.369 e. The molecule has 1 aromatic heterocycles. The maximum Gasteiger partial charge on any atom is 0.146 e. The van der Waals surface area contributed by atoms with E-state index in [9.17, 15) is 4.39 Å². The minimum absolute atomic E-state index is 0.120. The van der Waals surface area contributed by atoms with E-state index in [0.717, 1.165) is 44.6 Å². The van der Waals surface area contributed by atoms with Gasteiger partial charge in [-0.3, -0.25) is 0 Å². The number of piperidine rings is 1. The van der Waals surface area contributed by atoms with Crippen LogP contribution in [-0.2, 0) is 6.54 Å². The van der Waals surface area contributed by atoms with Crippen LogP contribution in [0.4, 0.5) is 10.1 Å². The highest BCUT2D eigenvalue weighted by atomic mass is 19.1. The Bertz CT molecular complexity index is 591. The van der Waals surface area contributed by atoms with Gasteiger partial charge in [-0.15, -0.1) is 0 Å². The molecule has 1 fully saturated rings. The lowest BCUT2D eigenvalue weighted by Crippen LogP contribution is -2.47. The lowest BCUT2D eigenvalue weighted by Gasteiger charge is -2.36. The van der Waals surface area contributed by atoms with E-state index in [2.05, 4.69) is 26.7 Å². The van der Waals surface area contributed by atoms with Crippen LogP contribution in [0.3, 0.4) is 0 Å². The van der Waals surface area contributed by atoms with E-state index in [1.54, 1.807) is 6.07 Å². The zero-order valence-electron chi connectivity index (χ0n) is 13.7. The van der Waals surface area contributed by atoms with Gasteiger partial charge in [-0.1, -0.05) is 19.1 Å². The van der Waals surface area contributed by atoms with E-state index in [1.807, 2.05) is 30.9 Å². The van der Waals surface area contributed by atoms with Crippen LogP contribution >= 0.6 is 0 Å². The number of aromatic nitrogens is 2. The molecule has 0 amide bonds. The van der Waals surface area contributed by atoms with Crippen LogP contribution in [0.2, 0.25) is 0 Å². The van der Waals surface area contributed by atoms with Crippen LogP contribution in [0.15, 0.2) is 43.0 Å². The molecule has 124 valence electrons. The summed E-state index contributed by atoms with van der Waals surface area (Å²) in [4.78, 5) is 6.26. The number of hydrogen-bond acceptors (Lipinski definition) is 3. The number of rotatable bonds is 6. The van der Waals surface area contributed by atoms with Crippen LogP contribution in [0.25, 0.3) is 0 Å². The van der Waals surface area contributed by atoms with Crippen LogP contribution in [-0.4, -0.2) is 34.7 Å². The van der Waals surface area contributed by atoms with Gasteiger partial charge < -0.3 is 14.8 Å². The maximum absolute atomic E-state index is 13.9. The standard InChI is InChI=1S/C18H25FN4/c1-2-15(13-22-12-9-20-14-22)21-16-7-10-23(11-8-16)18-6-4-3-5-17(18)19/h3-6,9,12,14-16,21H,2,7-8,10-11,13H2,1H3.